The molecule has 0 bridgehead atoms. The minimum Gasteiger partial charge on any atom is -0.508 e. The van der Waals surface area contributed by atoms with Crippen molar-refractivity contribution in [3.63, 3.8) is 0 Å². The first-order chi connectivity index (χ1) is 7.27. The fourth-order valence-electron chi connectivity index (χ4n) is 1.37. The second-order valence-electron chi connectivity index (χ2n) is 3.53. The lowest BCUT2D eigenvalue weighted by atomic mass is 9.98. The summed E-state index contributed by atoms with van der Waals surface area (Å²) in [5.74, 6) is -0.771. The molecular weight excluding hydrogens is 243 g/mol. The second kappa shape index (κ2) is 4.51. The van der Waals surface area contributed by atoms with E-state index in [1.54, 1.807) is 6.92 Å². The van der Waals surface area contributed by atoms with Gasteiger partial charge in [-0.3, -0.25) is 0 Å². The Labute approximate surface area is 95.8 Å². The van der Waals surface area contributed by atoms with Crippen molar-refractivity contribution in [2.24, 2.45) is 5.73 Å². The zero-order valence-corrected chi connectivity index (χ0v) is 9.23. The number of hydrogen-bond donors (Lipinski definition) is 2. The third-order valence-corrected chi connectivity index (χ3v) is 2.59. The molecule has 0 aliphatic heterocycles. The SMILES string of the molecule is CC(CN)c1c(O)cc(C(F)(F)F)cc1Cl. The van der Waals surface area contributed by atoms with Crippen LogP contribution in [-0.2, 0) is 6.18 Å². The molecule has 0 aliphatic carbocycles. The smallest absolute Gasteiger partial charge is 0.416 e. The van der Waals surface area contributed by atoms with E-state index in [0.717, 1.165) is 6.07 Å². The number of phenolic OH excluding ortho intramolecular Hbond substituents is 1. The van der Waals surface area contributed by atoms with Crippen molar-refractivity contribution in [1.82, 2.24) is 0 Å². The first-order valence-electron chi connectivity index (χ1n) is 4.57. The van der Waals surface area contributed by atoms with Crippen molar-refractivity contribution in [2.75, 3.05) is 6.54 Å². The van der Waals surface area contributed by atoms with E-state index >= 15 is 0 Å². The second-order valence-corrected chi connectivity index (χ2v) is 3.93. The van der Waals surface area contributed by atoms with E-state index in [1.165, 1.54) is 0 Å². The van der Waals surface area contributed by atoms with Crippen molar-refractivity contribution in [2.45, 2.75) is 19.0 Å². The lowest BCUT2D eigenvalue weighted by Crippen LogP contribution is -2.11. The Morgan fingerprint density at radius 2 is 2.00 bits per heavy atom. The van der Waals surface area contributed by atoms with Crippen LogP contribution in [0.1, 0.15) is 24.0 Å². The van der Waals surface area contributed by atoms with Crippen molar-refractivity contribution in [3.05, 3.63) is 28.3 Å². The van der Waals surface area contributed by atoms with Gasteiger partial charge in [0, 0.05) is 10.6 Å². The van der Waals surface area contributed by atoms with E-state index in [2.05, 4.69) is 0 Å². The Morgan fingerprint density at radius 1 is 1.44 bits per heavy atom. The molecule has 16 heavy (non-hydrogen) atoms. The predicted molar refractivity (Wildman–Crippen MR) is 55.6 cm³/mol. The first kappa shape index (κ1) is 13.1. The van der Waals surface area contributed by atoms with Gasteiger partial charge in [0.15, 0.2) is 0 Å². The molecule has 6 heteroatoms. The van der Waals surface area contributed by atoms with Gasteiger partial charge in [-0.05, 0) is 24.6 Å². The largest absolute Gasteiger partial charge is 0.508 e. The number of aromatic hydroxyl groups is 1. The fourth-order valence-corrected chi connectivity index (χ4v) is 1.77. The molecule has 1 aromatic carbocycles. The number of nitrogens with two attached hydrogens (primary N) is 1. The molecule has 0 saturated heterocycles. The van der Waals surface area contributed by atoms with E-state index in [0.29, 0.717) is 6.07 Å². The molecule has 3 N–H and O–H groups in total. The lowest BCUT2D eigenvalue weighted by molar-refractivity contribution is -0.137. The summed E-state index contributed by atoms with van der Waals surface area (Å²) in [4.78, 5) is 0. The highest BCUT2D eigenvalue weighted by Crippen LogP contribution is 2.39. The normalized spacial score (nSPS) is 13.9. The summed E-state index contributed by atoms with van der Waals surface area (Å²) in [6, 6.07) is 1.45. The quantitative estimate of drug-likeness (QED) is 0.851. The first-order valence-corrected chi connectivity index (χ1v) is 4.94. The molecule has 0 amide bonds. The van der Waals surface area contributed by atoms with E-state index in [1.807, 2.05) is 0 Å². The van der Waals surface area contributed by atoms with Gasteiger partial charge in [0.1, 0.15) is 5.75 Å². The van der Waals surface area contributed by atoms with E-state index in [9.17, 15) is 18.3 Å². The fraction of sp³-hybridized carbons (Fsp3) is 0.400. The molecule has 0 heterocycles. The standard InChI is InChI=1S/C10H11ClF3NO/c1-5(4-15)9-7(11)2-6(3-8(9)16)10(12,13)14/h2-3,5,16H,4,15H2,1H3. The predicted octanol–water partition coefficient (Wildman–Crippen LogP) is 3.13. The molecule has 0 fully saturated rings. The highest BCUT2D eigenvalue weighted by molar-refractivity contribution is 6.31. The van der Waals surface area contributed by atoms with Crippen LogP contribution in [-0.4, -0.2) is 11.7 Å². The van der Waals surface area contributed by atoms with Gasteiger partial charge in [0.25, 0.3) is 0 Å². The van der Waals surface area contributed by atoms with Crippen LogP contribution in [0.5, 0.6) is 5.75 Å². The summed E-state index contributed by atoms with van der Waals surface area (Å²) in [6.45, 7) is 1.87. The van der Waals surface area contributed by atoms with E-state index < -0.39 is 17.5 Å². The highest BCUT2D eigenvalue weighted by Gasteiger charge is 2.32. The summed E-state index contributed by atoms with van der Waals surface area (Å²) >= 11 is 5.70. The maximum Gasteiger partial charge on any atom is 0.416 e. The Balaban J connectivity index is 3.28. The summed E-state index contributed by atoms with van der Waals surface area (Å²) in [6.07, 6.45) is -4.52. The van der Waals surface area contributed by atoms with Crippen LogP contribution in [0.3, 0.4) is 0 Å². The van der Waals surface area contributed by atoms with Crippen LogP contribution >= 0.6 is 11.6 Å². The summed E-state index contributed by atoms with van der Waals surface area (Å²) in [7, 11) is 0. The minimum atomic E-state index is -4.52. The number of hydrogen-bond acceptors (Lipinski definition) is 2. The monoisotopic (exact) mass is 253 g/mol. The van der Waals surface area contributed by atoms with Crippen LogP contribution in [0.25, 0.3) is 0 Å². The Kier molecular flexibility index (Phi) is 3.70. The average molecular weight is 254 g/mol. The molecule has 1 aromatic rings. The van der Waals surface area contributed by atoms with Gasteiger partial charge >= 0.3 is 6.18 Å². The number of benzene rings is 1. The third kappa shape index (κ3) is 2.59. The van der Waals surface area contributed by atoms with Crippen molar-refractivity contribution < 1.29 is 18.3 Å². The van der Waals surface area contributed by atoms with Gasteiger partial charge in [0.05, 0.1) is 5.56 Å². The van der Waals surface area contributed by atoms with Crippen LogP contribution in [0, 0.1) is 0 Å². The molecule has 1 unspecified atom stereocenters. The van der Waals surface area contributed by atoms with Gasteiger partial charge < -0.3 is 10.8 Å². The Bertz CT molecular complexity index is 369. The molecule has 0 spiro atoms. The molecule has 90 valence electrons. The molecule has 2 nitrogen and oxygen atoms in total. The Morgan fingerprint density at radius 3 is 2.38 bits per heavy atom. The van der Waals surface area contributed by atoms with Crippen molar-refractivity contribution >= 4 is 11.6 Å². The van der Waals surface area contributed by atoms with Gasteiger partial charge in [-0.1, -0.05) is 18.5 Å². The van der Waals surface area contributed by atoms with Crippen molar-refractivity contribution in [3.8, 4) is 5.75 Å². The molecular formula is C10H11ClF3NO. The molecule has 0 saturated carbocycles. The number of rotatable bonds is 2. The molecule has 0 radical (unpaired) electrons. The molecule has 0 aromatic heterocycles. The highest BCUT2D eigenvalue weighted by atomic mass is 35.5. The number of phenols is 1. The maximum atomic E-state index is 12.4. The van der Waals surface area contributed by atoms with Gasteiger partial charge in [-0.15, -0.1) is 0 Å². The molecule has 0 aliphatic rings. The third-order valence-electron chi connectivity index (χ3n) is 2.28. The molecule has 1 atom stereocenters. The van der Waals surface area contributed by atoms with Gasteiger partial charge in [-0.25, -0.2) is 0 Å². The maximum absolute atomic E-state index is 12.4. The summed E-state index contributed by atoms with van der Waals surface area (Å²) < 4.78 is 37.1. The molecule has 1 rings (SSSR count). The van der Waals surface area contributed by atoms with Crippen LogP contribution in [0.4, 0.5) is 13.2 Å². The zero-order valence-electron chi connectivity index (χ0n) is 8.48. The van der Waals surface area contributed by atoms with Crippen LogP contribution in [0.15, 0.2) is 12.1 Å². The van der Waals surface area contributed by atoms with E-state index in [4.69, 9.17) is 17.3 Å². The minimum absolute atomic E-state index is 0.120. The Hall–Kier alpha value is -0.940. The zero-order chi connectivity index (χ0) is 12.5. The van der Waals surface area contributed by atoms with Crippen LogP contribution in [0.2, 0.25) is 5.02 Å². The van der Waals surface area contributed by atoms with Crippen molar-refractivity contribution in [1.29, 1.82) is 0 Å². The van der Waals surface area contributed by atoms with Crippen LogP contribution < -0.4 is 5.73 Å². The van der Waals surface area contributed by atoms with Gasteiger partial charge in [0.2, 0.25) is 0 Å². The topological polar surface area (TPSA) is 46.2 Å². The summed E-state index contributed by atoms with van der Waals surface area (Å²) in [5.41, 5.74) is 4.65. The number of halogens is 4. The average Bonchev–Trinajstić information content (AvgIpc) is 2.14. The van der Waals surface area contributed by atoms with Gasteiger partial charge in [-0.2, -0.15) is 13.2 Å². The lowest BCUT2D eigenvalue weighted by Gasteiger charge is -2.16. The summed E-state index contributed by atoms with van der Waals surface area (Å²) in [5, 5.41) is 9.38. The number of alkyl halides is 3. The van der Waals surface area contributed by atoms with E-state index in [-0.39, 0.29) is 23.0 Å².